The fraction of sp³-hybridized carbons (Fsp3) is 1.00. The van der Waals surface area contributed by atoms with Gasteiger partial charge in [0.1, 0.15) is 0 Å². The Morgan fingerprint density at radius 3 is 2.31 bits per heavy atom. The molecule has 0 radical (unpaired) electrons. The molecule has 0 aromatic rings. The highest BCUT2D eigenvalue weighted by atomic mass is 19.4. The van der Waals surface area contributed by atoms with Crippen LogP contribution in [0.2, 0.25) is 0 Å². The molecule has 0 saturated carbocycles. The van der Waals surface area contributed by atoms with Crippen molar-refractivity contribution >= 4 is 0 Å². The normalized spacial score (nSPS) is 14.1. The van der Waals surface area contributed by atoms with E-state index in [9.17, 15) is 13.2 Å². The molecule has 0 amide bonds. The van der Waals surface area contributed by atoms with Crippen molar-refractivity contribution in [3.05, 3.63) is 0 Å². The van der Waals surface area contributed by atoms with Gasteiger partial charge in [-0.15, -0.1) is 0 Å². The predicted octanol–water partition coefficient (Wildman–Crippen LogP) is 0.946. The first-order valence-corrected chi connectivity index (χ1v) is 4.97. The highest BCUT2D eigenvalue weighted by Gasteiger charge is 2.39. The van der Waals surface area contributed by atoms with Crippen molar-refractivity contribution < 1.29 is 27.4 Å². The van der Waals surface area contributed by atoms with Crippen LogP contribution < -0.4 is 5.73 Å². The van der Waals surface area contributed by atoms with Crippen LogP contribution >= 0.6 is 0 Å². The second-order valence-corrected chi connectivity index (χ2v) is 3.10. The van der Waals surface area contributed by atoms with Gasteiger partial charge in [-0.25, -0.2) is 0 Å². The summed E-state index contributed by atoms with van der Waals surface area (Å²) in [6, 6.07) is 0. The third kappa shape index (κ3) is 7.86. The molecule has 0 aliphatic heterocycles. The molecule has 0 aromatic heterocycles. The Hall–Kier alpha value is -0.370. The number of hydrogen-bond acceptors (Lipinski definition) is 4. The third-order valence-corrected chi connectivity index (χ3v) is 1.76. The highest BCUT2D eigenvalue weighted by Crippen LogP contribution is 2.21. The maximum Gasteiger partial charge on any atom is 0.415 e. The summed E-state index contributed by atoms with van der Waals surface area (Å²) in [5, 5.41) is 0. The Kier molecular flexibility index (Phi) is 8.54. The van der Waals surface area contributed by atoms with Crippen LogP contribution in [-0.4, -0.2) is 52.4 Å². The van der Waals surface area contributed by atoms with Crippen LogP contribution in [0.3, 0.4) is 0 Å². The molecular weight excluding hydrogens is 227 g/mol. The Labute approximate surface area is 92.8 Å². The summed E-state index contributed by atoms with van der Waals surface area (Å²) in [5.74, 6) is 0. The van der Waals surface area contributed by atoms with Gasteiger partial charge in [-0.1, -0.05) is 0 Å². The molecule has 4 nitrogen and oxygen atoms in total. The zero-order valence-corrected chi connectivity index (χ0v) is 9.26. The van der Waals surface area contributed by atoms with E-state index in [0.29, 0.717) is 26.2 Å². The largest absolute Gasteiger partial charge is 0.415 e. The number of alkyl halides is 3. The number of hydrogen-bond donors (Lipinski definition) is 1. The summed E-state index contributed by atoms with van der Waals surface area (Å²) < 4.78 is 50.8. The zero-order chi connectivity index (χ0) is 12.4. The van der Waals surface area contributed by atoms with Gasteiger partial charge in [0.05, 0.1) is 13.2 Å². The van der Waals surface area contributed by atoms with Gasteiger partial charge >= 0.3 is 6.18 Å². The van der Waals surface area contributed by atoms with Crippen LogP contribution in [0.25, 0.3) is 0 Å². The average Bonchev–Trinajstić information content (AvgIpc) is 2.20. The van der Waals surface area contributed by atoms with Crippen LogP contribution in [0.4, 0.5) is 13.2 Å². The molecule has 0 aliphatic rings. The maximum absolute atomic E-state index is 12.1. The molecule has 7 heteroatoms. The summed E-state index contributed by atoms with van der Waals surface area (Å²) >= 11 is 0. The van der Waals surface area contributed by atoms with Gasteiger partial charge in [-0.3, -0.25) is 0 Å². The second-order valence-electron chi connectivity index (χ2n) is 3.10. The fourth-order valence-electron chi connectivity index (χ4n) is 0.927. The summed E-state index contributed by atoms with van der Waals surface area (Å²) in [6.07, 6.45) is -5.88. The van der Waals surface area contributed by atoms with E-state index in [0.717, 1.165) is 0 Å². The molecule has 0 aliphatic carbocycles. The quantitative estimate of drug-likeness (QED) is 0.614. The van der Waals surface area contributed by atoms with Crippen LogP contribution in [-0.2, 0) is 14.2 Å². The summed E-state index contributed by atoms with van der Waals surface area (Å²) in [5.41, 5.74) is 4.95. The van der Waals surface area contributed by atoms with Gasteiger partial charge in [0.25, 0.3) is 0 Å². The minimum absolute atomic E-state index is 0.0195. The molecule has 0 spiro atoms. The summed E-state index contributed by atoms with van der Waals surface area (Å²) in [7, 11) is 1.54. The molecule has 0 bridgehead atoms. The smallest absolute Gasteiger partial charge is 0.382 e. The molecule has 1 unspecified atom stereocenters. The maximum atomic E-state index is 12.1. The van der Waals surface area contributed by atoms with Gasteiger partial charge < -0.3 is 19.9 Å². The number of methoxy groups -OCH3 is 1. The fourth-order valence-corrected chi connectivity index (χ4v) is 0.927. The van der Waals surface area contributed by atoms with E-state index in [-0.39, 0.29) is 6.61 Å². The van der Waals surface area contributed by atoms with E-state index in [2.05, 4.69) is 4.74 Å². The minimum atomic E-state index is -4.40. The van der Waals surface area contributed by atoms with Crippen LogP contribution in [0.5, 0.6) is 0 Å². The van der Waals surface area contributed by atoms with Crippen LogP contribution in [0.15, 0.2) is 0 Å². The zero-order valence-electron chi connectivity index (χ0n) is 9.26. The number of nitrogens with two attached hydrogens (primary N) is 1. The Morgan fingerprint density at radius 1 is 1.12 bits per heavy atom. The van der Waals surface area contributed by atoms with Gasteiger partial charge in [0.15, 0.2) is 6.10 Å². The number of ether oxygens (including phenoxy) is 3. The molecule has 16 heavy (non-hydrogen) atoms. The van der Waals surface area contributed by atoms with Crippen molar-refractivity contribution in [2.75, 3.05) is 40.1 Å². The van der Waals surface area contributed by atoms with Crippen molar-refractivity contribution in [2.24, 2.45) is 5.73 Å². The lowest BCUT2D eigenvalue weighted by Crippen LogP contribution is -2.38. The molecular formula is C9H18F3NO3. The van der Waals surface area contributed by atoms with Crippen molar-refractivity contribution in [1.82, 2.24) is 0 Å². The lowest BCUT2D eigenvalue weighted by Gasteiger charge is -2.18. The molecule has 0 saturated heterocycles. The monoisotopic (exact) mass is 245 g/mol. The Balaban J connectivity index is 3.42. The van der Waals surface area contributed by atoms with E-state index in [1.807, 2.05) is 0 Å². The molecule has 1 atom stereocenters. The van der Waals surface area contributed by atoms with Crippen LogP contribution in [0.1, 0.15) is 6.42 Å². The Morgan fingerprint density at radius 2 is 1.81 bits per heavy atom. The summed E-state index contributed by atoms with van der Waals surface area (Å²) in [4.78, 5) is 0. The molecule has 98 valence electrons. The van der Waals surface area contributed by atoms with E-state index in [4.69, 9.17) is 15.2 Å². The first-order chi connectivity index (χ1) is 7.52. The molecule has 0 aromatic carbocycles. The SMILES string of the molecule is COCCOCCCOC(CN)C(F)(F)F. The van der Waals surface area contributed by atoms with Gasteiger partial charge in [-0.2, -0.15) is 13.2 Å². The highest BCUT2D eigenvalue weighted by molar-refractivity contribution is 4.67. The standard InChI is InChI=1S/C9H18F3NO3/c1-14-5-6-15-3-2-4-16-8(7-13)9(10,11)12/h8H,2-7,13H2,1H3. The molecule has 0 heterocycles. The predicted molar refractivity (Wildman–Crippen MR) is 52.2 cm³/mol. The van der Waals surface area contributed by atoms with Crippen molar-refractivity contribution in [2.45, 2.75) is 18.7 Å². The first-order valence-electron chi connectivity index (χ1n) is 4.97. The van der Waals surface area contributed by atoms with Gasteiger partial charge in [0, 0.05) is 26.9 Å². The van der Waals surface area contributed by atoms with E-state index in [1.54, 1.807) is 7.11 Å². The van der Waals surface area contributed by atoms with E-state index < -0.39 is 18.8 Å². The van der Waals surface area contributed by atoms with Crippen molar-refractivity contribution in [1.29, 1.82) is 0 Å². The lowest BCUT2D eigenvalue weighted by molar-refractivity contribution is -0.217. The van der Waals surface area contributed by atoms with Gasteiger partial charge in [-0.05, 0) is 6.42 Å². The molecule has 2 N–H and O–H groups in total. The van der Waals surface area contributed by atoms with Crippen molar-refractivity contribution in [3.63, 3.8) is 0 Å². The second kappa shape index (κ2) is 8.74. The first kappa shape index (κ1) is 15.6. The van der Waals surface area contributed by atoms with E-state index >= 15 is 0 Å². The van der Waals surface area contributed by atoms with Crippen LogP contribution in [0, 0.1) is 0 Å². The topological polar surface area (TPSA) is 53.7 Å². The Bertz CT molecular complexity index is 167. The van der Waals surface area contributed by atoms with Gasteiger partial charge in [0.2, 0.25) is 0 Å². The molecule has 0 rings (SSSR count). The minimum Gasteiger partial charge on any atom is -0.382 e. The van der Waals surface area contributed by atoms with E-state index in [1.165, 1.54) is 0 Å². The number of rotatable bonds is 9. The van der Waals surface area contributed by atoms with Crippen molar-refractivity contribution in [3.8, 4) is 0 Å². The number of halogens is 3. The average molecular weight is 245 g/mol. The summed E-state index contributed by atoms with van der Waals surface area (Å²) in [6.45, 7) is 0.659. The molecule has 0 fully saturated rings. The lowest BCUT2D eigenvalue weighted by atomic mass is 10.3. The third-order valence-electron chi connectivity index (χ3n) is 1.76.